The zero-order valence-electron chi connectivity index (χ0n) is 30.8. The monoisotopic (exact) mass is 711 g/mol. The Morgan fingerprint density at radius 3 is 2.72 bits per heavy atom. The second-order valence-electron chi connectivity index (χ2n) is 15.4. The van der Waals surface area contributed by atoms with Crippen LogP contribution in [-0.2, 0) is 23.4 Å². The molecule has 53 heavy (non-hydrogen) atoms. The van der Waals surface area contributed by atoms with Gasteiger partial charge < -0.3 is 25.3 Å². The molecule has 1 aliphatic carbocycles. The SMILES string of the molecule is Cc1ccccc1C1=CC=CC(Nc2nccc3cc(CNC(C)(C)CO)cnc23)(c2nc3cc(CN4CC[C@@](C)(C(=O)O)C4)cc(C#N)c3o2)C1C. The van der Waals surface area contributed by atoms with E-state index in [-0.39, 0.29) is 12.5 Å². The van der Waals surface area contributed by atoms with Gasteiger partial charge in [-0.15, -0.1) is 0 Å². The highest BCUT2D eigenvalue weighted by Gasteiger charge is 2.45. The van der Waals surface area contributed by atoms with E-state index < -0.39 is 22.5 Å². The van der Waals surface area contributed by atoms with Gasteiger partial charge in [-0.2, -0.15) is 5.26 Å². The summed E-state index contributed by atoms with van der Waals surface area (Å²) in [5.41, 5.74) is 4.90. The van der Waals surface area contributed by atoms with Crippen molar-refractivity contribution in [1.29, 1.82) is 5.26 Å². The smallest absolute Gasteiger partial charge is 0.310 e. The molecule has 0 spiro atoms. The van der Waals surface area contributed by atoms with Crippen LogP contribution in [0.5, 0.6) is 0 Å². The Hall–Kier alpha value is -5.41. The number of pyridine rings is 2. The third-order valence-corrected chi connectivity index (χ3v) is 10.9. The van der Waals surface area contributed by atoms with Crippen molar-refractivity contribution in [3.05, 3.63) is 113 Å². The molecule has 1 aliphatic heterocycles. The van der Waals surface area contributed by atoms with Gasteiger partial charge in [-0.3, -0.25) is 14.7 Å². The van der Waals surface area contributed by atoms with Crippen LogP contribution in [0, 0.1) is 29.6 Å². The van der Waals surface area contributed by atoms with Gasteiger partial charge in [0.1, 0.15) is 22.6 Å². The highest BCUT2D eigenvalue weighted by molar-refractivity contribution is 5.89. The quantitative estimate of drug-likeness (QED) is 0.115. The maximum atomic E-state index is 11.9. The lowest BCUT2D eigenvalue weighted by atomic mass is 9.73. The van der Waals surface area contributed by atoms with Gasteiger partial charge in [0.2, 0.25) is 5.89 Å². The maximum Gasteiger partial charge on any atom is 0.310 e. The molecule has 0 bridgehead atoms. The number of oxazole rings is 1. The van der Waals surface area contributed by atoms with E-state index in [2.05, 4.69) is 59.7 Å². The minimum atomic E-state index is -1.04. The summed E-state index contributed by atoms with van der Waals surface area (Å²) in [5.74, 6) is -0.0729. The molecule has 2 aliphatic rings. The Morgan fingerprint density at radius 2 is 1.98 bits per heavy atom. The molecule has 5 aromatic rings. The number of fused-ring (bicyclic) bond motifs is 2. The summed E-state index contributed by atoms with van der Waals surface area (Å²) >= 11 is 0. The van der Waals surface area contributed by atoms with Gasteiger partial charge in [-0.05, 0) is 98.8 Å². The average molecular weight is 712 g/mol. The van der Waals surface area contributed by atoms with Gasteiger partial charge in [0, 0.05) is 48.9 Å². The third kappa shape index (κ3) is 6.81. The van der Waals surface area contributed by atoms with Crippen molar-refractivity contribution in [2.24, 2.45) is 11.3 Å². The first-order valence-electron chi connectivity index (χ1n) is 18.0. The number of aliphatic hydroxyl groups is 1. The van der Waals surface area contributed by atoms with E-state index in [1.807, 2.05) is 62.5 Å². The fraction of sp³-hybridized carbons (Fsp3) is 0.357. The number of hydrogen-bond donors (Lipinski definition) is 4. The van der Waals surface area contributed by atoms with Crippen molar-refractivity contribution < 1.29 is 19.4 Å². The number of rotatable bonds is 11. The van der Waals surface area contributed by atoms with Crippen LogP contribution < -0.4 is 10.6 Å². The van der Waals surface area contributed by atoms with E-state index in [4.69, 9.17) is 19.4 Å². The maximum absolute atomic E-state index is 11.9. The highest BCUT2D eigenvalue weighted by atomic mass is 16.4. The molecule has 7 rings (SSSR count). The lowest BCUT2D eigenvalue weighted by Crippen LogP contribution is -2.42. The molecule has 0 saturated carbocycles. The van der Waals surface area contributed by atoms with Crippen molar-refractivity contribution in [3.8, 4) is 6.07 Å². The summed E-state index contributed by atoms with van der Waals surface area (Å²) in [6, 6.07) is 18.4. The summed E-state index contributed by atoms with van der Waals surface area (Å²) in [5, 5.41) is 37.8. The molecule has 11 heteroatoms. The van der Waals surface area contributed by atoms with Crippen molar-refractivity contribution in [2.75, 3.05) is 25.0 Å². The number of aliphatic hydroxyl groups excluding tert-OH is 1. The first-order chi connectivity index (χ1) is 25.3. The summed E-state index contributed by atoms with van der Waals surface area (Å²) < 4.78 is 6.64. The predicted molar refractivity (Wildman–Crippen MR) is 205 cm³/mol. The standard InChI is InChI=1S/C42H45N7O4/c1-26-9-6-7-10-32(26)33-11-8-13-42(27(33)2,48-37-35-30(12-15-44-37)18-29(21-45-35)22-46-40(3,4)25-50)38-47-34-19-28(17-31(20-43)36(34)53-38)23-49-16-14-41(5,24-49)39(51)52/h6-13,15,17-19,21,27,46,50H,14,16,22-25H2,1-5H3,(H,44,48)(H,51,52)/t27?,41-,42?/m1/s1. The Labute approximate surface area is 309 Å². The fourth-order valence-electron chi connectivity index (χ4n) is 7.47. The van der Waals surface area contributed by atoms with E-state index in [1.54, 1.807) is 13.1 Å². The van der Waals surface area contributed by atoms with Crippen LogP contribution in [0.3, 0.4) is 0 Å². The normalized spacial score (nSPS) is 21.9. The number of benzene rings is 2. The van der Waals surface area contributed by atoms with E-state index in [0.29, 0.717) is 66.5 Å². The Kier molecular flexibility index (Phi) is 9.41. The largest absolute Gasteiger partial charge is 0.481 e. The molecular formula is C42H45N7O4. The molecule has 3 atom stereocenters. The predicted octanol–water partition coefficient (Wildman–Crippen LogP) is 6.71. The number of hydrogen-bond acceptors (Lipinski definition) is 10. The highest BCUT2D eigenvalue weighted by Crippen LogP contribution is 2.46. The molecule has 4 N–H and O–H groups in total. The number of aromatic nitrogens is 3. The van der Waals surface area contributed by atoms with Gasteiger partial charge in [0.15, 0.2) is 11.4 Å². The molecule has 4 heterocycles. The molecule has 2 unspecified atom stereocenters. The number of nitriles is 1. The Morgan fingerprint density at radius 1 is 1.17 bits per heavy atom. The number of carbonyl (C=O) groups is 1. The van der Waals surface area contributed by atoms with Gasteiger partial charge in [-0.1, -0.05) is 43.3 Å². The number of nitrogens with one attached hydrogen (secondary N) is 2. The van der Waals surface area contributed by atoms with Gasteiger partial charge in [0.05, 0.1) is 17.6 Å². The second-order valence-corrected chi connectivity index (χ2v) is 15.4. The number of aliphatic carboxylic acids is 1. The van der Waals surface area contributed by atoms with Crippen LogP contribution in [0.25, 0.3) is 27.6 Å². The minimum absolute atomic E-state index is 0.0104. The number of carboxylic acids is 1. The number of likely N-dealkylation sites (tertiary alicyclic amines) is 1. The number of allylic oxidation sites excluding steroid dienone is 2. The van der Waals surface area contributed by atoms with Crippen LogP contribution in [0.4, 0.5) is 5.82 Å². The van der Waals surface area contributed by atoms with Gasteiger partial charge in [0.25, 0.3) is 0 Å². The third-order valence-electron chi connectivity index (χ3n) is 10.9. The summed E-state index contributed by atoms with van der Waals surface area (Å²) in [4.78, 5) is 28.8. The zero-order chi connectivity index (χ0) is 37.5. The van der Waals surface area contributed by atoms with Crippen molar-refractivity contribution in [2.45, 2.75) is 65.2 Å². The van der Waals surface area contributed by atoms with E-state index in [1.165, 1.54) is 0 Å². The molecule has 0 radical (unpaired) electrons. The lowest BCUT2D eigenvalue weighted by Gasteiger charge is -2.39. The number of anilines is 1. The molecular weight excluding hydrogens is 667 g/mol. The van der Waals surface area contributed by atoms with Crippen LogP contribution in [0.2, 0.25) is 0 Å². The molecule has 1 saturated heterocycles. The summed E-state index contributed by atoms with van der Waals surface area (Å²) in [7, 11) is 0. The van der Waals surface area contributed by atoms with Crippen LogP contribution >= 0.6 is 0 Å². The van der Waals surface area contributed by atoms with Gasteiger partial charge in [-0.25, -0.2) is 9.97 Å². The number of nitrogens with zero attached hydrogens (tertiary/aromatic N) is 5. The van der Waals surface area contributed by atoms with Crippen LogP contribution in [0.1, 0.15) is 67.8 Å². The van der Waals surface area contributed by atoms with Crippen LogP contribution in [0.15, 0.2) is 83.6 Å². The van der Waals surface area contributed by atoms with Crippen molar-refractivity contribution >= 4 is 39.4 Å². The molecule has 3 aromatic heterocycles. The van der Waals surface area contributed by atoms with Crippen LogP contribution in [-0.4, -0.2) is 61.3 Å². The average Bonchev–Trinajstić information content (AvgIpc) is 3.76. The molecule has 272 valence electrons. The molecule has 2 aromatic carbocycles. The number of carboxylic acid groups (broad SMARTS) is 1. The van der Waals surface area contributed by atoms with E-state index in [9.17, 15) is 20.3 Å². The first-order valence-corrected chi connectivity index (χ1v) is 18.0. The summed E-state index contributed by atoms with van der Waals surface area (Å²) in [6.45, 7) is 12.0. The molecule has 1 fully saturated rings. The van der Waals surface area contributed by atoms with Crippen molar-refractivity contribution in [3.63, 3.8) is 0 Å². The van der Waals surface area contributed by atoms with E-state index in [0.717, 1.165) is 33.2 Å². The van der Waals surface area contributed by atoms with Gasteiger partial charge >= 0.3 is 5.97 Å². The first kappa shape index (κ1) is 36.0. The van der Waals surface area contributed by atoms with Crippen molar-refractivity contribution in [1.82, 2.24) is 25.2 Å². The molecule has 11 nitrogen and oxygen atoms in total. The zero-order valence-corrected chi connectivity index (χ0v) is 30.8. The Balaban J connectivity index is 1.31. The fourth-order valence-corrected chi connectivity index (χ4v) is 7.47. The van der Waals surface area contributed by atoms with E-state index >= 15 is 0 Å². The minimum Gasteiger partial charge on any atom is -0.481 e. The second kappa shape index (κ2) is 13.9. The summed E-state index contributed by atoms with van der Waals surface area (Å²) in [6.07, 6.45) is 10.3. The number of aryl methyl sites for hydroxylation is 1. The topological polar surface area (TPSA) is 160 Å². The molecule has 0 amide bonds. The lowest BCUT2D eigenvalue weighted by molar-refractivity contribution is -0.147. The Bertz CT molecular complexity index is 2320.